The number of nitrogens with two attached hydrogens (primary N) is 1. The normalized spacial score (nSPS) is 11.8. The van der Waals surface area contributed by atoms with Crippen molar-refractivity contribution < 1.29 is 19.1 Å². The number of hydrogen-bond acceptors (Lipinski definition) is 5. The van der Waals surface area contributed by atoms with Gasteiger partial charge >= 0.3 is 5.97 Å². The van der Waals surface area contributed by atoms with Gasteiger partial charge in [0.15, 0.2) is 17.5 Å². The van der Waals surface area contributed by atoms with Crippen LogP contribution < -0.4 is 5.73 Å². The van der Waals surface area contributed by atoms with Gasteiger partial charge in [0.2, 0.25) is 0 Å². The maximum Gasteiger partial charge on any atom is 0.324 e. The Kier molecular flexibility index (Phi) is 6.13. The molecule has 0 heterocycles. The monoisotopic (exact) mass is 317 g/mol. The van der Waals surface area contributed by atoms with Crippen LogP contribution in [0.3, 0.4) is 0 Å². The molecular formula is C13H13Cl2NO4. The van der Waals surface area contributed by atoms with Crippen molar-refractivity contribution in [2.45, 2.75) is 6.92 Å². The summed E-state index contributed by atoms with van der Waals surface area (Å²) in [6.07, 6.45) is 0. The molecular weight excluding hydrogens is 305 g/mol. The highest BCUT2D eigenvalue weighted by Gasteiger charge is 2.35. The summed E-state index contributed by atoms with van der Waals surface area (Å²) in [6.45, 7) is 1.18. The van der Waals surface area contributed by atoms with Gasteiger partial charge in [0.05, 0.1) is 18.2 Å². The number of rotatable bonds is 6. The molecule has 0 spiro atoms. The van der Waals surface area contributed by atoms with E-state index in [2.05, 4.69) is 0 Å². The highest BCUT2D eigenvalue weighted by molar-refractivity contribution is 6.38. The number of esters is 1. The van der Waals surface area contributed by atoms with Gasteiger partial charge in [0, 0.05) is 10.6 Å². The van der Waals surface area contributed by atoms with Crippen LogP contribution in [0.5, 0.6) is 0 Å². The first-order valence-electron chi connectivity index (χ1n) is 5.81. The molecule has 7 heteroatoms. The third-order valence-electron chi connectivity index (χ3n) is 2.50. The summed E-state index contributed by atoms with van der Waals surface area (Å²) in [5, 5.41) is 0.394. The van der Waals surface area contributed by atoms with Gasteiger partial charge in [-0.1, -0.05) is 23.2 Å². The summed E-state index contributed by atoms with van der Waals surface area (Å²) in [4.78, 5) is 35.7. The molecule has 0 saturated carbocycles. The first-order valence-corrected chi connectivity index (χ1v) is 6.56. The van der Waals surface area contributed by atoms with E-state index in [1.54, 1.807) is 6.92 Å². The molecule has 1 atom stereocenters. The maximum absolute atomic E-state index is 12.3. The fourth-order valence-electron chi connectivity index (χ4n) is 1.57. The van der Waals surface area contributed by atoms with E-state index in [4.69, 9.17) is 33.7 Å². The van der Waals surface area contributed by atoms with Gasteiger partial charge < -0.3 is 10.5 Å². The molecule has 0 fully saturated rings. The largest absolute Gasteiger partial charge is 0.465 e. The molecule has 108 valence electrons. The lowest BCUT2D eigenvalue weighted by molar-refractivity contribution is -0.149. The summed E-state index contributed by atoms with van der Waals surface area (Å²) < 4.78 is 4.73. The fourth-order valence-corrected chi connectivity index (χ4v) is 2.07. The third kappa shape index (κ3) is 3.79. The van der Waals surface area contributed by atoms with E-state index in [0.29, 0.717) is 5.02 Å². The van der Waals surface area contributed by atoms with E-state index in [-0.39, 0.29) is 17.2 Å². The molecule has 0 aliphatic rings. The summed E-state index contributed by atoms with van der Waals surface area (Å²) >= 11 is 11.6. The lowest BCUT2D eigenvalue weighted by Crippen LogP contribution is -2.37. The second kappa shape index (κ2) is 7.38. The molecule has 1 aromatic rings. The highest BCUT2D eigenvalue weighted by atomic mass is 35.5. The van der Waals surface area contributed by atoms with E-state index < -0.39 is 30.0 Å². The van der Waals surface area contributed by atoms with Gasteiger partial charge in [-0.2, -0.15) is 0 Å². The maximum atomic E-state index is 12.3. The second-order valence-electron chi connectivity index (χ2n) is 3.84. The van der Waals surface area contributed by atoms with Gasteiger partial charge in [-0.05, 0) is 25.1 Å². The predicted molar refractivity (Wildman–Crippen MR) is 75.0 cm³/mol. The van der Waals surface area contributed by atoms with Crippen molar-refractivity contribution in [3.8, 4) is 0 Å². The SMILES string of the molecule is CCOC(=O)C(C(=O)CN)C(=O)c1ccc(Cl)cc1Cl. The number of ether oxygens (including phenoxy) is 1. The van der Waals surface area contributed by atoms with Gasteiger partial charge in [-0.25, -0.2) is 0 Å². The Labute approximate surface area is 126 Å². The zero-order valence-electron chi connectivity index (χ0n) is 10.7. The van der Waals surface area contributed by atoms with Crippen LogP contribution in [0.15, 0.2) is 18.2 Å². The zero-order chi connectivity index (χ0) is 15.3. The van der Waals surface area contributed by atoms with Crippen LogP contribution in [0.25, 0.3) is 0 Å². The number of carbonyl (C=O) groups excluding carboxylic acids is 3. The Balaban J connectivity index is 3.16. The summed E-state index contributed by atoms with van der Waals surface area (Å²) in [7, 11) is 0. The van der Waals surface area contributed by atoms with E-state index in [9.17, 15) is 14.4 Å². The van der Waals surface area contributed by atoms with Crippen LogP contribution >= 0.6 is 23.2 Å². The Morgan fingerprint density at radius 3 is 2.45 bits per heavy atom. The highest BCUT2D eigenvalue weighted by Crippen LogP contribution is 2.24. The Morgan fingerprint density at radius 1 is 1.30 bits per heavy atom. The minimum Gasteiger partial charge on any atom is -0.465 e. The average molecular weight is 318 g/mol. The Morgan fingerprint density at radius 2 is 1.95 bits per heavy atom. The van der Waals surface area contributed by atoms with Crippen LogP contribution in [0, 0.1) is 5.92 Å². The van der Waals surface area contributed by atoms with Crippen molar-refractivity contribution in [2.75, 3.05) is 13.2 Å². The molecule has 2 N–H and O–H groups in total. The summed E-state index contributed by atoms with van der Waals surface area (Å²) in [5.74, 6) is -4.00. The molecule has 0 saturated heterocycles. The van der Waals surface area contributed by atoms with Crippen molar-refractivity contribution in [1.82, 2.24) is 0 Å². The van der Waals surface area contributed by atoms with E-state index in [0.717, 1.165) is 0 Å². The van der Waals surface area contributed by atoms with Crippen molar-refractivity contribution in [3.63, 3.8) is 0 Å². The molecule has 0 bridgehead atoms. The predicted octanol–water partition coefficient (Wildman–Crippen LogP) is 1.88. The van der Waals surface area contributed by atoms with Crippen LogP contribution in [-0.2, 0) is 14.3 Å². The first-order chi connectivity index (χ1) is 9.42. The van der Waals surface area contributed by atoms with E-state index >= 15 is 0 Å². The molecule has 0 amide bonds. The summed E-state index contributed by atoms with van der Waals surface area (Å²) in [5.41, 5.74) is 5.25. The van der Waals surface area contributed by atoms with Gasteiger partial charge in [0.1, 0.15) is 0 Å². The van der Waals surface area contributed by atoms with Crippen molar-refractivity contribution in [1.29, 1.82) is 0 Å². The number of halogens is 2. The molecule has 5 nitrogen and oxygen atoms in total. The molecule has 0 aliphatic carbocycles. The number of carbonyl (C=O) groups is 3. The molecule has 0 aliphatic heterocycles. The first kappa shape index (κ1) is 16.6. The van der Waals surface area contributed by atoms with Gasteiger partial charge in [-0.3, -0.25) is 14.4 Å². The quantitative estimate of drug-likeness (QED) is 0.492. The standard InChI is InChI=1S/C13H13Cl2NO4/c1-2-20-13(19)11(10(17)6-16)12(18)8-4-3-7(14)5-9(8)15/h3-5,11H,2,6,16H2,1H3. The minimum atomic E-state index is -1.60. The third-order valence-corrected chi connectivity index (χ3v) is 3.05. The smallest absolute Gasteiger partial charge is 0.324 e. The number of ketones is 2. The van der Waals surface area contributed by atoms with E-state index in [1.807, 2.05) is 0 Å². The number of hydrogen-bond donors (Lipinski definition) is 1. The Bertz CT molecular complexity index is 545. The Hall–Kier alpha value is -1.43. The number of benzene rings is 1. The van der Waals surface area contributed by atoms with Gasteiger partial charge in [0.25, 0.3) is 0 Å². The van der Waals surface area contributed by atoms with Crippen LogP contribution in [0.4, 0.5) is 0 Å². The average Bonchev–Trinajstić information content (AvgIpc) is 2.38. The molecule has 1 aromatic carbocycles. The van der Waals surface area contributed by atoms with Crippen LogP contribution in [-0.4, -0.2) is 30.7 Å². The lowest BCUT2D eigenvalue weighted by Gasteiger charge is -2.13. The topological polar surface area (TPSA) is 86.5 Å². The number of Topliss-reactive ketones (excluding diaryl/α,β-unsaturated/α-hetero) is 2. The molecule has 0 radical (unpaired) electrons. The van der Waals surface area contributed by atoms with Crippen molar-refractivity contribution >= 4 is 40.7 Å². The van der Waals surface area contributed by atoms with Crippen molar-refractivity contribution in [2.24, 2.45) is 11.7 Å². The van der Waals surface area contributed by atoms with Crippen LogP contribution in [0.1, 0.15) is 17.3 Å². The fraction of sp³-hybridized carbons (Fsp3) is 0.308. The van der Waals surface area contributed by atoms with Crippen molar-refractivity contribution in [3.05, 3.63) is 33.8 Å². The molecule has 1 rings (SSSR count). The lowest BCUT2D eigenvalue weighted by atomic mass is 9.93. The van der Waals surface area contributed by atoms with Gasteiger partial charge in [-0.15, -0.1) is 0 Å². The minimum absolute atomic E-state index is 0.0240. The molecule has 0 aromatic heterocycles. The van der Waals surface area contributed by atoms with E-state index in [1.165, 1.54) is 18.2 Å². The summed E-state index contributed by atoms with van der Waals surface area (Å²) in [6, 6.07) is 4.14. The molecule has 20 heavy (non-hydrogen) atoms. The van der Waals surface area contributed by atoms with Crippen LogP contribution in [0.2, 0.25) is 10.0 Å². The zero-order valence-corrected chi connectivity index (χ0v) is 12.2. The molecule has 1 unspecified atom stereocenters. The second-order valence-corrected chi connectivity index (χ2v) is 4.69.